The molecule has 2 atom stereocenters. The Morgan fingerprint density at radius 2 is 2.12 bits per heavy atom. The molecule has 17 heavy (non-hydrogen) atoms. The smallest absolute Gasteiger partial charge is 0.316 e. The topological polar surface area (TPSA) is 47.6 Å². The molecule has 2 rings (SSSR count). The molecule has 4 nitrogen and oxygen atoms in total. The first kappa shape index (κ1) is 12.8. The van der Waals surface area contributed by atoms with Crippen LogP contribution >= 0.6 is 0 Å². The number of hydrogen-bond acceptors (Lipinski definition) is 4. The summed E-state index contributed by atoms with van der Waals surface area (Å²) in [5.41, 5.74) is -0.598. The van der Waals surface area contributed by atoms with E-state index in [1.165, 1.54) is 0 Å². The molecule has 0 spiro atoms. The number of carbonyl (C=O) groups excluding carboxylic acids is 1. The van der Waals surface area contributed by atoms with E-state index >= 15 is 0 Å². The van der Waals surface area contributed by atoms with E-state index in [2.05, 4.69) is 26.1 Å². The lowest BCUT2D eigenvalue weighted by molar-refractivity contribution is -0.181. The van der Waals surface area contributed by atoms with Crippen molar-refractivity contribution in [1.82, 2.24) is 5.32 Å². The van der Waals surface area contributed by atoms with Gasteiger partial charge in [0.2, 0.25) is 0 Å². The molecule has 1 saturated heterocycles. The van der Waals surface area contributed by atoms with Crippen molar-refractivity contribution in [2.75, 3.05) is 6.61 Å². The van der Waals surface area contributed by atoms with Crippen molar-refractivity contribution in [2.45, 2.75) is 64.8 Å². The van der Waals surface area contributed by atoms with Gasteiger partial charge >= 0.3 is 5.97 Å². The van der Waals surface area contributed by atoms with Crippen molar-refractivity contribution in [1.29, 1.82) is 0 Å². The minimum atomic E-state index is -0.429. The van der Waals surface area contributed by atoms with Crippen LogP contribution in [0.3, 0.4) is 0 Å². The number of rotatable bonds is 3. The highest BCUT2D eigenvalue weighted by atomic mass is 16.6. The van der Waals surface area contributed by atoms with Gasteiger partial charge < -0.3 is 9.47 Å². The zero-order valence-electron chi connectivity index (χ0n) is 11.2. The maximum atomic E-state index is 12.0. The van der Waals surface area contributed by atoms with Crippen molar-refractivity contribution in [3.05, 3.63) is 0 Å². The van der Waals surface area contributed by atoms with Crippen molar-refractivity contribution in [2.24, 2.45) is 5.41 Å². The van der Waals surface area contributed by atoms with E-state index in [1.54, 1.807) is 0 Å². The van der Waals surface area contributed by atoms with Gasteiger partial charge in [0.15, 0.2) is 0 Å². The number of nitrogens with one attached hydrogen (secondary N) is 1. The van der Waals surface area contributed by atoms with Crippen LogP contribution in [0.4, 0.5) is 0 Å². The first-order chi connectivity index (χ1) is 7.89. The Hall–Kier alpha value is -0.610. The molecule has 0 aromatic carbocycles. The van der Waals surface area contributed by atoms with Crippen LogP contribution in [-0.2, 0) is 14.3 Å². The quantitative estimate of drug-likeness (QED) is 0.766. The maximum absolute atomic E-state index is 12.0. The summed E-state index contributed by atoms with van der Waals surface area (Å²) in [7, 11) is 0. The summed E-state index contributed by atoms with van der Waals surface area (Å²) in [5, 5.41) is 3.39. The Morgan fingerprint density at radius 1 is 1.47 bits per heavy atom. The molecular weight excluding hydrogens is 218 g/mol. The van der Waals surface area contributed by atoms with E-state index in [1.807, 2.05) is 6.92 Å². The second-order valence-electron chi connectivity index (χ2n) is 5.91. The fourth-order valence-electron chi connectivity index (χ4n) is 2.71. The Bertz CT molecular complexity index is 310. The number of carbonyl (C=O) groups is 1. The van der Waals surface area contributed by atoms with Crippen LogP contribution in [0.25, 0.3) is 0 Å². The van der Waals surface area contributed by atoms with Crippen molar-refractivity contribution in [3.8, 4) is 0 Å². The van der Waals surface area contributed by atoms with Gasteiger partial charge in [0.1, 0.15) is 11.6 Å². The third kappa shape index (κ3) is 2.47. The molecule has 1 aliphatic heterocycles. The van der Waals surface area contributed by atoms with E-state index in [0.717, 1.165) is 19.3 Å². The average Bonchev–Trinajstić information content (AvgIpc) is 2.95. The largest absolute Gasteiger partial charge is 0.465 e. The molecule has 0 amide bonds. The van der Waals surface area contributed by atoms with Crippen LogP contribution in [0, 0.1) is 5.41 Å². The molecule has 1 heterocycles. The highest BCUT2D eigenvalue weighted by Crippen LogP contribution is 2.52. The zero-order chi connectivity index (χ0) is 12.7. The molecule has 1 aliphatic carbocycles. The van der Waals surface area contributed by atoms with E-state index in [-0.39, 0.29) is 17.8 Å². The number of esters is 1. The third-order valence-electron chi connectivity index (χ3n) is 3.64. The SMILES string of the molecule is CCOC(=O)C1(C2NC(C)CC(C)(C)O2)CC1. The molecule has 0 radical (unpaired) electrons. The molecule has 2 aliphatic rings. The van der Waals surface area contributed by atoms with Crippen LogP contribution in [0.2, 0.25) is 0 Å². The predicted octanol–water partition coefficient (Wildman–Crippen LogP) is 1.83. The lowest BCUT2D eigenvalue weighted by atomic mass is 9.94. The second-order valence-corrected chi connectivity index (χ2v) is 5.91. The normalized spacial score (nSPS) is 34.1. The maximum Gasteiger partial charge on any atom is 0.316 e. The van der Waals surface area contributed by atoms with Crippen LogP contribution < -0.4 is 5.32 Å². The van der Waals surface area contributed by atoms with E-state index in [9.17, 15) is 4.79 Å². The van der Waals surface area contributed by atoms with Crippen LogP contribution in [0.1, 0.15) is 47.0 Å². The van der Waals surface area contributed by atoms with Gasteiger partial charge in [-0.25, -0.2) is 0 Å². The lowest BCUT2D eigenvalue weighted by Gasteiger charge is -2.43. The van der Waals surface area contributed by atoms with Gasteiger partial charge in [-0.05, 0) is 47.0 Å². The van der Waals surface area contributed by atoms with Gasteiger partial charge in [0.25, 0.3) is 0 Å². The lowest BCUT2D eigenvalue weighted by Crippen LogP contribution is -2.57. The zero-order valence-corrected chi connectivity index (χ0v) is 11.2. The molecule has 2 unspecified atom stereocenters. The van der Waals surface area contributed by atoms with Crippen LogP contribution in [0.15, 0.2) is 0 Å². The summed E-state index contributed by atoms with van der Waals surface area (Å²) in [6, 6.07) is 0.371. The molecule has 0 aromatic heterocycles. The van der Waals surface area contributed by atoms with Gasteiger partial charge in [-0.1, -0.05) is 0 Å². The first-order valence-electron chi connectivity index (χ1n) is 6.51. The standard InChI is InChI=1S/C13H23NO3/c1-5-16-11(15)13(6-7-13)10-14-9(2)8-12(3,4)17-10/h9-10,14H,5-8H2,1-4H3. The van der Waals surface area contributed by atoms with E-state index in [0.29, 0.717) is 12.6 Å². The molecule has 0 aromatic rings. The number of hydrogen-bond donors (Lipinski definition) is 1. The van der Waals surface area contributed by atoms with Crippen molar-refractivity contribution < 1.29 is 14.3 Å². The minimum Gasteiger partial charge on any atom is -0.465 e. The Balaban J connectivity index is 2.09. The summed E-state index contributed by atoms with van der Waals surface area (Å²) >= 11 is 0. The summed E-state index contributed by atoms with van der Waals surface area (Å²) in [6.45, 7) is 8.58. The van der Waals surface area contributed by atoms with E-state index < -0.39 is 5.41 Å². The molecular formula is C13H23NO3. The summed E-state index contributed by atoms with van der Waals surface area (Å²) in [6.07, 6.45) is 2.50. The van der Waals surface area contributed by atoms with Gasteiger partial charge in [-0.2, -0.15) is 0 Å². The van der Waals surface area contributed by atoms with Crippen LogP contribution in [0.5, 0.6) is 0 Å². The van der Waals surface area contributed by atoms with Crippen molar-refractivity contribution >= 4 is 5.97 Å². The first-order valence-corrected chi connectivity index (χ1v) is 6.51. The Labute approximate surface area is 103 Å². The van der Waals surface area contributed by atoms with Gasteiger partial charge in [0.05, 0.1) is 12.2 Å². The highest BCUT2D eigenvalue weighted by Gasteiger charge is 2.60. The Kier molecular flexibility index (Phi) is 3.21. The fourth-order valence-corrected chi connectivity index (χ4v) is 2.71. The fraction of sp³-hybridized carbons (Fsp3) is 0.923. The minimum absolute atomic E-state index is 0.109. The van der Waals surface area contributed by atoms with Crippen LogP contribution in [-0.4, -0.2) is 30.4 Å². The predicted molar refractivity (Wildman–Crippen MR) is 64.5 cm³/mol. The second kappa shape index (κ2) is 4.25. The van der Waals surface area contributed by atoms with Gasteiger partial charge in [-0.15, -0.1) is 0 Å². The molecule has 98 valence electrons. The summed E-state index contributed by atoms with van der Waals surface area (Å²) < 4.78 is 11.2. The summed E-state index contributed by atoms with van der Waals surface area (Å²) in [4.78, 5) is 12.0. The molecule has 1 saturated carbocycles. The van der Waals surface area contributed by atoms with Gasteiger partial charge in [0, 0.05) is 6.04 Å². The molecule has 1 N–H and O–H groups in total. The summed E-state index contributed by atoms with van der Waals surface area (Å²) in [5.74, 6) is -0.109. The average molecular weight is 241 g/mol. The Morgan fingerprint density at radius 3 is 2.59 bits per heavy atom. The molecule has 4 heteroatoms. The molecule has 0 bridgehead atoms. The third-order valence-corrected chi connectivity index (χ3v) is 3.64. The highest BCUT2D eigenvalue weighted by molar-refractivity contribution is 5.80. The van der Waals surface area contributed by atoms with E-state index in [4.69, 9.17) is 9.47 Å². The molecule has 2 fully saturated rings. The van der Waals surface area contributed by atoms with Crippen molar-refractivity contribution in [3.63, 3.8) is 0 Å². The number of ether oxygens (including phenoxy) is 2. The monoisotopic (exact) mass is 241 g/mol. The van der Waals surface area contributed by atoms with Gasteiger partial charge in [-0.3, -0.25) is 10.1 Å².